The first-order valence-corrected chi connectivity index (χ1v) is 10.1. The van der Waals surface area contributed by atoms with Crippen molar-refractivity contribution >= 4 is 11.8 Å². The molecule has 0 bridgehead atoms. The number of carbonyl (C=O) groups is 1. The summed E-state index contributed by atoms with van der Waals surface area (Å²) in [5.41, 5.74) is 1.25. The van der Waals surface area contributed by atoms with Crippen molar-refractivity contribution in [1.29, 1.82) is 0 Å². The summed E-state index contributed by atoms with van der Waals surface area (Å²) in [4.78, 5) is 25.2. The van der Waals surface area contributed by atoms with E-state index in [1.54, 1.807) is 24.1 Å². The summed E-state index contributed by atoms with van der Waals surface area (Å²) >= 11 is 0. The molecule has 160 valence electrons. The molecule has 1 aromatic rings. The van der Waals surface area contributed by atoms with Gasteiger partial charge in [-0.2, -0.15) is 0 Å². The fourth-order valence-corrected chi connectivity index (χ4v) is 3.69. The summed E-state index contributed by atoms with van der Waals surface area (Å²) in [5, 5.41) is 11.5. The maximum Gasteiger partial charge on any atom is 0.410 e. The Hall–Kier alpha value is -2.35. The molecule has 29 heavy (non-hydrogen) atoms. The molecule has 1 aliphatic carbocycles. The van der Waals surface area contributed by atoms with E-state index in [4.69, 9.17) is 14.2 Å². The number of amides is 1. The number of benzene rings is 1. The van der Waals surface area contributed by atoms with Crippen LogP contribution in [0, 0.1) is 17.0 Å². The highest BCUT2D eigenvalue weighted by molar-refractivity contribution is 5.68. The van der Waals surface area contributed by atoms with Crippen molar-refractivity contribution in [3.63, 3.8) is 0 Å². The number of likely N-dealkylation sites (tertiary alicyclic amines) is 1. The summed E-state index contributed by atoms with van der Waals surface area (Å²) in [6, 6.07) is 3.38. The number of carbonyl (C=O) groups excluding carboxylic acids is 1. The van der Waals surface area contributed by atoms with E-state index in [9.17, 15) is 14.9 Å². The van der Waals surface area contributed by atoms with Crippen LogP contribution in [0.4, 0.5) is 10.5 Å². The van der Waals surface area contributed by atoms with Gasteiger partial charge in [0, 0.05) is 25.6 Å². The van der Waals surface area contributed by atoms with Gasteiger partial charge in [0.2, 0.25) is 0 Å². The van der Waals surface area contributed by atoms with Crippen molar-refractivity contribution in [2.24, 2.45) is 0 Å². The summed E-state index contributed by atoms with van der Waals surface area (Å²) in [6.45, 7) is 8.34. The smallest absolute Gasteiger partial charge is 0.410 e. The van der Waals surface area contributed by atoms with Crippen molar-refractivity contribution in [3.8, 4) is 5.75 Å². The molecule has 0 aromatic heterocycles. The Balaban J connectivity index is 1.82. The van der Waals surface area contributed by atoms with Crippen LogP contribution in [0.15, 0.2) is 12.1 Å². The number of rotatable bonds is 5. The van der Waals surface area contributed by atoms with Crippen molar-refractivity contribution in [1.82, 2.24) is 4.90 Å². The third kappa shape index (κ3) is 5.18. The molecule has 1 aromatic carbocycles. The van der Waals surface area contributed by atoms with Crippen molar-refractivity contribution in [3.05, 3.63) is 33.4 Å². The Morgan fingerprint density at radius 2 is 1.93 bits per heavy atom. The van der Waals surface area contributed by atoms with Crippen LogP contribution in [0.1, 0.15) is 57.1 Å². The molecule has 1 aliphatic heterocycles. The number of aryl methyl sites for hydroxylation is 1. The Kier molecular flexibility index (Phi) is 6.03. The van der Waals surface area contributed by atoms with Gasteiger partial charge in [0.25, 0.3) is 0 Å². The maximum atomic E-state index is 12.4. The number of methoxy groups -OCH3 is 1. The number of piperidine rings is 1. The van der Waals surface area contributed by atoms with Gasteiger partial charge in [-0.25, -0.2) is 4.79 Å². The van der Waals surface area contributed by atoms with Gasteiger partial charge in [0.05, 0.1) is 23.7 Å². The van der Waals surface area contributed by atoms with E-state index in [0.29, 0.717) is 25.3 Å². The van der Waals surface area contributed by atoms with Crippen LogP contribution in [0.3, 0.4) is 0 Å². The van der Waals surface area contributed by atoms with Crippen molar-refractivity contribution < 1.29 is 23.9 Å². The molecule has 2 fully saturated rings. The molecule has 1 saturated heterocycles. The van der Waals surface area contributed by atoms with Crippen molar-refractivity contribution in [2.75, 3.05) is 20.2 Å². The van der Waals surface area contributed by atoms with E-state index < -0.39 is 10.5 Å². The maximum absolute atomic E-state index is 12.4. The van der Waals surface area contributed by atoms with E-state index in [2.05, 4.69) is 0 Å². The van der Waals surface area contributed by atoms with Gasteiger partial charge in [-0.15, -0.1) is 0 Å². The standard InChI is InChI=1S/C21H30N2O6/c1-13-10-17(23(25)26)18(28-14-6-7-14)11-16(13)15-8-9-22(12-19(15)27-5)20(24)29-21(2,3)4/h10-11,14-15,19H,6-9,12H2,1-5H3. The molecular weight excluding hydrogens is 376 g/mol. The first kappa shape index (κ1) is 21.4. The molecule has 1 heterocycles. The molecule has 8 heteroatoms. The van der Waals surface area contributed by atoms with E-state index in [0.717, 1.165) is 24.0 Å². The SMILES string of the molecule is COC1CN(C(=O)OC(C)(C)C)CCC1c1cc(OC2CC2)c([N+](=O)[O-])cc1C. The molecule has 0 N–H and O–H groups in total. The molecule has 1 saturated carbocycles. The van der Waals surface area contributed by atoms with Crippen LogP contribution in [0.2, 0.25) is 0 Å². The second-order valence-corrected chi connectivity index (χ2v) is 8.85. The minimum atomic E-state index is -0.555. The fraction of sp³-hybridized carbons (Fsp3) is 0.667. The third-order valence-electron chi connectivity index (χ3n) is 5.28. The second kappa shape index (κ2) is 8.18. The van der Waals surface area contributed by atoms with E-state index in [-0.39, 0.29) is 29.9 Å². The van der Waals surface area contributed by atoms with E-state index >= 15 is 0 Å². The zero-order valence-corrected chi connectivity index (χ0v) is 17.8. The molecule has 0 radical (unpaired) electrons. The number of hydrogen-bond acceptors (Lipinski definition) is 6. The van der Waals surface area contributed by atoms with Gasteiger partial charge in [0.15, 0.2) is 5.75 Å². The lowest BCUT2D eigenvalue weighted by molar-refractivity contribution is -0.386. The Bertz CT molecular complexity index is 784. The average Bonchev–Trinajstić information content (AvgIpc) is 3.44. The van der Waals surface area contributed by atoms with Gasteiger partial charge in [-0.05, 0) is 64.2 Å². The quantitative estimate of drug-likeness (QED) is 0.538. The van der Waals surface area contributed by atoms with E-state index in [1.807, 2.05) is 27.7 Å². The number of nitrogens with zero attached hydrogens (tertiary/aromatic N) is 2. The highest BCUT2D eigenvalue weighted by atomic mass is 16.6. The fourth-order valence-electron chi connectivity index (χ4n) is 3.69. The summed E-state index contributed by atoms with van der Waals surface area (Å²) in [7, 11) is 1.62. The summed E-state index contributed by atoms with van der Waals surface area (Å²) in [6.07, 6.45) is 2.02. The van der Waals surface area contributed by atoms with Crippen LogP contribution in [-0.2, 0) is 9.47 Å². The molecule has 8 nitrogen and oxygen atoms in total. The van der Waals surface area contributed by atoms with Crippen LogP contribution in [-0.4, -0.2) is 53.9 Å². The normalized spacial score (nSPS) is 22.3. The lowest BCUT2D eigenvalue weighted by Crippen LogP contribution is -2.48. The average molecular weight is 406 g/mol. The summed E-state index contributed by atoms with van der Waals surface area (Å²) in [5.74, 6) is 0.337. The van der Waals surface area contributed by atoms with Crippen molar-refractivity contribution in [2.45, 2.75) is 70.7 Å². The molecule has 0 spiro atoms. The topological polar surface area (TPSA) is 91.1 Å². The van der Waals surface area contributed by atoms with Crippen LogP contribution < -0.4 is 4.74 Å². The molecular formula is C21H30N2O6. The highest BCUT2D eigenvalue weighted by Crippen LogP contribution is 2.40. The predicted octanol–water partition coefficient (Wildman–Crippen LogP) is 4.18. The Morgan fingerprint density at radius 3 is 2.48 bits per heavy atom. The number of nitro benzene ring substituents is 1. The largest absolute Gasteiger partial charge is 0.483 e. The molecule has 2 atom stereocenters. The molecule has 3 rings (SSSR count). The lowest BCUT2D eigenvalue weighted by Gasteiger charge is -2.39. The van der Waals surface area contributed by atoms with Gasteiger partial charge in [0.1, 0.15) is 5.60 Å². The number of ether oxygens (including phenoxy) is 3. The number of nitro groups is 1. The molecule has 1 amide bonds. The van der Waals surface area contributed by atoms with Crippen LogP contribution in [0.5, 0.6) is 5.75 Å². The third-order valence-corrected chi connectivity index (χ3v) is 5.28. The molecule has 2 unspecified atom stereocenters. The zero-order chi connectivity index (χ0) is 21.3. The highest BCUT2D eigenvalue weighted by Gasteiger charge is 2.36. The number of hydrogen-bond donors (Lipinski definition) is 0. The van der Waals surface area contributed by atoms with Gasteiger partial charge in [-0.3, -0.25) is 10.1 Å². The first-order chi connectivity index (χ1) is 13.6. The van der Waals surface area contributed by atoms with Crippen LogP contribution in [0.25, 0.3) is 0 Å². The first-order valence-electron chi connectivity index (χ1n) is 10.1. The minimum Gasteiger partial charge on any atom is -0.483 e. The van der Waals surface area contributed by atoms with Gasteiger partial charge >= 0.3 is 11.8 Å². The monoisotopic (exact) mass is 406 g/mol. The lowest BCUT2D eigenvalue weighted by atomic mass is 9.84. The van der Waals surface area contributed by atoms with E-state index in [1.165, 1.54) is 0 Å². The van der Waals surface area contributed by atoms with Crippen LogP contribution >= 0.6 is 0 Å². The molecule has 2 aliphatic rings. The Labute approximate surface area is 171 Å². The minimum absolute atomic E-state index is 0.00157. The van der Waals surface area contributed by atoms with Gasteiger partial charge in [-0.1, -0.05) is 0 Å². The summed E-state index contributed by atoms with van der Waals surface area (Å²) < 4.78 is 17.0. The predicted molar refractivity (Wildman–Crippen MR) is 107 cm³/mol. The zero-order valence-electron chi connectivity index (χ0n) is 17.8. The Morgan fingerprint density at radius 1 is 1.24 bits per heavy atom. The van der Waals surface area contributed by atoms with Gasteiger partial charge < -0.3 is 19.1 Å². The second-order valence-electron chi connectivity index (χ2n) is 8.85.